The normalized spacial score (nSPS) is 12.4. The largest absolute Gasteiger partial charge is 0.493 e. The number of aromatic nitrogens is 3. The van der Waals surface area contributed by atoms with Crippen molar-refractivity contribution in [2.75, 3.05) is 21.3 Å². The molecule has 4 aromatic rings. The molecule has 2 heterocycles. The Labute approximate surface area is 189 Å². The third-order valence-electron chi connectivity index (χ3n) is 5.18. The molecular weight excluding hydrogens is 426 g/mol. The van der Waals surface area contributed by atoms with Crippen LogP contribution in [0.3, 0.4) is 0 Å². The Balaban J connectivity index is 1.74. The Bertz CT molecular complexity index is 1360. The van der Waals surface area contributed by atoms with Crippen LogP contribution in [-0.4, -0.2) is 35.9 Å². The number of nitrogens with zero attached hydrogens (tertiary/aromatic N) is 3. The van der Waals surface area contributed by atoms with Gasteiger partial charge >= 0.3 is 0 Å². The second-order valence-corrected chi connectivity index (χ2v) is 9.34. The summed E-state index contributed by atoms with van der Waals surface area (Å²) in [6.45, 7) is 6.51. The third kappa shape index (κ3) is 3.93. The number of benzene rings is 2. The van der Waals surface area contributed by atoms with E-state index in [1.807, 2.05) is 12.1 Å². The van der Waals surface area contributed by atoms with E-state index in [1.54, 1.807) is 39.5 Å². The van der Waals surface area contributed by atoms with Gasteiger partial charge in [0.25, 0.3) is 5.56 Å². The molecule has 0 atom stereocenters. The Kier molecular flexibility index (Phi) is 5.64. The van der Waals surface area contributed by atoms with Gasteiger partial charge in [0.2, 0.25) is 10.7 Å². The number of rotatable bonds is 5. The first-order valence-electron chi connectivity index (χ1n) is 10.1. The fraction of sp³-hybridized carbons (Fsp3) is 0.292. The van der Waals surface area contributed by atoms with Crippen LogP contribution in [-0.2, 0) is 5.41 Å². The summed E-state index contributed by atoms with van der Waals surface area (Å²) in [6, 6.07) is 11.7. The minimum absolute atomic E-state index is 0.0697. The number of thiazole rings is 1. The number of hydrogen-bond acceptors (Lipinski definition) is 7. The molecular formula is C24H25N3O4S. The van der Waals surface area contributed by atoms with Gasteiger partial charge < -0.3 is 14.2 Å². The second kappa shape index (κ2) is 8.27. The van der Waals surface area contributed by atoms with Crippen LogP contribution < -0.4 is 24.3 Å². The summed E-state index contributed by atoms with van der Waals surface area (Å²) in [7, 11) is 4.66. The Morgan fingerprint density at radius 1 is 0.969 bits per heavy atom. The van der Waals surface area contributed by atoms with Gasteiger partial charge in [-0.2, -0.15) is 9.50 Å². The number of hydrogen-bond donors (Lipinski definition) is 0. The van der Waals surface area contributed by atoms with Crippen molar-refractivity contribution >= 4 is 22.4 Å². The SMILES string of the molecule is COc1cc(/C=c2\sc3nc(-c4ccc(C(C)(C)C)cc4)nn3c2=O)cc(OC)c1OC. The first kappa shape index (κ1) is 21.8. The van der Waals surface area contributed by atoms with E-state index in [-0.39, 0.29) is 11.0 Å². The molecule has 0 amide bonds. The van der Waals surface area contributed by atoms with Crippen LogP contribution >= 0.6 is 11.3 Å². The van der Waals surface area contributed by atoms with Gasteiger partial charge in [-0.3, -0.25) is 4.79 Å². The van der Waals surface area contributed by atoms with Crippen LogP contribution in [0.4, 0.5) is 0 Å². The molecule has 0 bridgehead atoms. The molecule has 0 N–H and O–H groups in total. The molecule has 7 nitrogen and oxygen atoms in total. The van der Waals surface area contributed by atoms with Crippen LogP contribution in [0.2, 0.25) is 0 Å². The van der Waals surface area contributed by atoms with Crippen LogP contribution in [0.25, 0.3) is 22.4 Å². The van der Waals surface area contributed by atoms with E-state index in [2.05, 4.69) is 43.0 Å². The molecule has 0 fully saturated rings. The van der Waals surface area contributed by atoms with Gasteiger partial charge in [-0.15, -0.1) is 5.10 Å². The zero-order valence-electron chi connectivity index (χ0n) is 18.9. The van der Waals surface area contributed by atoms with Crippen molar-refractivity contribution in [3.8, 4) is 28.6 Å². The zero-order chi connectivity index (χ0) is 23.0. The van der Waals surface area contributed by atoms with E-state index in [9.17, 15) is 4.79 Å². The highest BCUT2D eigenvalue weighted by atomic mass is 32.1. The second-order valence-electron chi connectivity index (χ2n) is 8.33. The van der Waals surface area contributed by atoms with E-state index in [4.69, 9.17) is 14.2 Å². The smallest absolute Gasteiger partial charge is 0.291 e. The molecule has 0 radical (unpaired) electrons. The Morgan fingerprint density at radius 2 is 1.59 bits per heavy atom. The first-order chi connectivity index (χ1) is 15.2. The molecule has 166 valence electrons. The summed E-state index contributed by atoms with van der Waals surface area (Å²) in [6.07, 6.45) is 1.77. The summed E-state index contributed by atoms with van der Waals surface area (Å²) in [5.41, 5.74) is 2.71. The van der Waals surface area contributed by atoms with Gasteiger partial charge in [0.05, 0.1) is 25.9 Å². The van der Waals surface area contributed by atoms with Crippen molar-refractivity contribution in [2.45, 2.75) is 26.2 Å². The minimum atomic E-state index is -0.219. The van der Waals surface area contributed by atoms with Gasteiger partial charge in [-0.05, 0) is 34.8 Å². The molecule has 0 aliphatic rings. The summed E-state index contributed by atoms with van der Waals surface area (Å²) in [5, 5.41) is 4.45. The van der Waals surface area contributed by atoms with Crippen LogP contribution in [0, 0.1) is 0 Å². The number of fused-ring (bicyclic) bond motifs is 1. The van der Waals surface area contributed by atoms with Crippen LogP contribution in [0.5, 0.6) is 17.2 Å². The number of methoxy groups -OCH3 is 3. The van der Waals surface area contributed by atoms with Crippen molar-refractivity contribution in [1.29, 1.82) is 0 Å². The maximum absolute atomic E-state index is 12.9. The van der Waals surface area contributed by atoms with Crippen LogP contribution in [0.15, 0.2) is 41.2 Å². The monoisotopic (exact) mass is 451 g/mol. The lowest BCUT2D eigenvalue weighted by molar-refractivity contribution is 0.324. The van der Waals surface area contributed by atoms with Crippen molar-refractivity contribution in [3.05, 3.63) is 62.4 Å². The van der Waals surface area contributed by atoms with Gasteiger partial charge in [0.15, 0.2) is 17.3 Å². The lowest BCUT2D eigenvalue weighted by Crippen LogP contribution is -2.23. The van der Waals surface area contributed by atoms with Gasteiger partial charge in [0.1, 0.15) is 0 Å². The van der Waals surface area contributed by atoms with Crippen molar-refractivity contribution in [2.24, 2.45) is 0 Å². The average Bonchev–Trinajstić information content (AvgIpc) is 3.32. The van der Waals surface area contributed by atoms with Crippen molar-refractivity contribution in [3.63, 3.8) is 0 Å². The predicted molar refractivity (Wildman–Crippen MR) is 126 cm³/mol. The summed E-state index contributed by atoms with van der Waals surface area (Å²) >= 11 is 1.29. The maximum Gasteiger partial charge on any atom is 0.291 e. The molecule has 8 heteroatoms. The van der Waals surface area contributed by atoms with Gasteiger partial charge in [-0.1, -0.05) is 56.4 Å². The van der Waals surface area contributed by atoms with Crippen molar-refractivity contribution < 1.29 is 14.2 Å². The quantitative estimate of drug-likeness (QED) is 0.461. The standard InChI is InChI=1S/C24H25N3O4S/c1-24(2,3)16-9-7-15(8-10-16)21-25-23-27(26-21)22(28)19(32-23)13-14-11-17(29-4)20(31-6)18(12-14)30-5/h7-13H,1-6H3/b19-13-. The predicted octanol–water partition coefficient (Wildman–Crippen LogP) is 3.69. The van der Waals surface area contributed by atoms with E-state index < -0.39 is 0 Å². The molecule has 0 unspecified atom stereocenters. The molecule has 0 aliphatic carbocycles. The lowest BCUT2D eigenvalue weighted by atomic mass is 9.87. The highest BCUT2D eigenvalue weighted by molar-refractivity contribution is 7.15. The molecule has 0 saturated carbocycles. The molecule has 0 saturated heterocycles. The highest BCUT2D eigenvalue weighted by Gasteiger charge is 2.16. The molecule has 4 rings (SSSR count). The minimum Gasteiger partial charge on any atom is -0.493 e. The molecule has 0 aliphatic heterocycles. The van der Waals surface area contributed by atoms with E-state index in [0.29, 0.717) is 32.6 Å². The van der Waals surface area contributed by atoms with Gasteiger partial charge in [-0.25, -0.2) is 0 Å². The van der Waals surface area contributed by atoms with Crippen LogP contribution in [0.1, 0.15) is 31.9 Å². The fourth-order valence-electron chi connectivity index (χ4n) is 3.41. The van der Waals surface area contributed by atoms with Crippen molar-refractivity contribution in [1.82, 2.24) is 14.6 Å². The molecule has 0 spiro atoms. The van der Waals surface area contributed by atoms with E-state index in [0.717, 1.165) is 11.1 Å². The molecule has 2 aromatic heterocycles. The summed E-state index contributed by atoms with van der Waals surface area (Å²) in [4.78, 5) is 18.1. The highest BCUT2D eigenvalue weighted by Crippen LogP contribution is 2.38. The lowest BCUT2D eigenvalue weighted by Gasteiger charge is -2.18. The third-order valence-corrected chi connectivity index (χ3v) is 6.13. The molecule has 2 aromatic carbocycles. The first-order valence-corrected chi connectivity index (χ1v) is 10.9. The Morgan fingerprint density at radius 3 is 2.09 bits per heavy atom. The van der Waals surface area contributed by atoms with Gasteiger partial charge in [0, 0.05) is 5.56 Å². The molecule has 32 heavy (non-hydrogen) atoms. The fourth-order valence-corrected chi connectivity index (χ4v) is 4.32. The van der Waals surface area contributed by atoms with E-state index in [1.165, 1.54) is 21.4 Å². The average molecular weight is 452 g/mol. The topological polar surface area (TPSA) is 75.0 Å². The Hall–Kier alpha value is -3.39. The summed E-state index contributed by atoms with van der Waals surface area (Å²) < 4.78 is 18.0. The van der Waals surface area contributed by atoms with E-state index >= 15 is 0 Å². The maximum atomic E-state index is 12.9. The number of ether oxygens (including phenoxy) is 3. The summed E-state index contributed by atoms with van der Waals surface area (Å²) in [5.74, 6) is 2.07. The zero-order valence-corrected chi connectivity index (χ0v) is 19.7.